The summed E-state index contributed by atoms with van der Waals surface area (Å²) in [7, 11) is 0. The highest BCUT2D eigenvalue weighted by atomic mass is 16.2. The standard InChI is InChI=1S/C31H52N10O4/c32-24(13-18-39-31(34)35)29(44)37-16-8-4-2-1-3-7-14-36-15-9-10-17-38-30(45)26(20-27(33)42)41-28(43)19-22-21-40-25-12-6-5-11-23(22)25/h5-6,11-12,21,24,26,36,40H,1-4,7-10,13-20,32H2,(H2,33,42)(H,37,44)(H,38,45)(H,41,43)(H4,34,35,39)/t24-,26+/m1/s1. The number of carbonyl (C=O) groups is 4. The van der Waals surface area contributed by atoms with Gasteiger partial charge in [-0.1, -0.05) is 43.9 Å². The first-order valence-corrected chi connectivity index (χ1v) is 15.9. The molecule has 4 amide bonds. The van der Waals surface area contributed by atoms with Gasteiger partial charge in [0, 0.05) is 36.7 Å². The lowest BCUT2D eigenvalue weighted by atomic mass is 10.1. The Morgan fingerprint density at radius 2 is 1.40 bits per heavy atom. The fraction of sp³-hybridized carbons (Fsp3) is 0.581. The van der Waals surface area contributed by atoms with Crippen molar-refractivity contribution in [1.82, 2.24) is 26.3 Å². The maximum absolute atomic E-state index is 12.7. The normalized spacial score (nSPS) is 12.3. The Balaban J connectivity index is 1.46. The second-order valence-electron chi connectivity index (χ2n) is 11.2. The molecule has 1 aromatic heterocycles. The zero-order valence-electron chi connectivity index (χ0n) is 26.2. The third-order valence-corrected chi connectivity index (χ3v) is 7.31. The number of rotatable bonds is 24. The number of H-pyrrole nitrogens is 1. The summed E-state index contributed by atoms with van der Waals surface area (Å²) in [6.07, 6.45) is 10.1. The second kappa shape index (κ2) is 21.5. The lowest BCUT2D eigenvalue weighted by Crippen LogP contribution is -2.49. The van der Waals surface area contributed by atoms with Crippen molar-refractivity contribution in [3.63, 3.8) is 0 Å². The van der Waals surface area contributed by atoms with Gasteiger partial charge in [0.2, 0.25) is 23.6 Å². The minimum atomic E-state index is -1.01. The van der Waals surface area contributed by atoms with E-state index in [0.29, 0.717) is 26.1 Å². The highest BCUT2D eigenvalue weighted by molar-refractivity contribution is 5.94. The van der Waals surface area contributed by atoms with E-state index >= 15 is 0 Å². The van der Waals surface area contributed by atoms with Gasteiger partial charge in [-0.25, -0.2) is 0 Å². The molecule has 14 nitrogen and oxygen atoms in total. The number of amides is 4. The molecule has 2 aromatic rings. The molecule has 0 saturated heterocycles. The topological polar surface area (TPSA) is 249 Å². The number of nitrogens with zero attached hydrogens (tertiary/aromatic N) is 1. The van der Waals surface area contributed by atoms with Crippen molar-refractivity contribution in [2.75, 3.05) is 32.7 Å². The molecule has 0 radical (unpaired) electrons. The summed E-state index contributed by atoms with van der Waals surface area (Å²) in [4.78, 5) is 55.7. The number of para-hydroxylation sites is 1. The number of benzene rings is 1. The molecule has 0 saturated carbocycles. The Bertz CT molecular complexity index is 1230. The van der Waals surface area contributed by atoms with Crippen LogP contribution in [0.5, 0.6) is 0 Å². The number of unbranched alkanes of at least 4 members (excludes halogenated alkanes) is 6. The van der Waals surface area contributed by atoms with E-state index in [-0.39, 0.29) is 30.6 Å². The largest absolute Gasteiger partial charge is 0.370 e. The second-order valence-corrected chi connectivity index (χ2v) is 11.2. The number of aliphatic imine (C=N–C) groups is 1. The molecule has 13 N–H and O–H groups in total. The zero-order valence-corrected chi connectivity index (χ0v) is 26.2. The SMILES string of the molecule is NC(=O)C[C@H](NC(=O)Cc1c[nH]c2ccccc12)C(=O)NCCCCNCCCCCCCCNC(=O)[C@H](N)CCN=C(N)N. The van der Waals surface area contributed by atoms with E-state index in [1.165, 1.54) is 0 Å². The first-order valence-electron chi connectivity index (χ1n) is 15.9. The van der Waals surface area contributed by atoms with Crippen molar-refractivity contribution >= 4 is 40.5 Å². The van der Waals surface area contributed by atoms with Crippen molar-refractivity contribution in [3.05, 3.63) is 36.0 Å². The lowest BCUT2D eigenvalue weighted by molar-refractivity contribution is -0.131. The molecule has 1 aromatic carbocycles. The molecule has 0 aliphatic heterocycles. The smallest absolute Gasteiger partial charge is 0.243 e. The summed E-state index contributed by atoms with van der Waals surface area (Å²) < 4.78 is 0. The summed E-state index contributed by atoms with van der Waals surface area (Å²) in [6, 6.07) is 6.03. The van der Waals surface area contributed by atoms with E-state index in [1.54, 1.807) is 6.20 Å². The van der Waals surface area contributed by atoms with Crippen molar-refractivity contribution < 1.29 is 19.2 Å². The number of hydrogen-bond acceptors (Lipinski definition) is 7. The Morgan fingerprint density at radius 3 is 2.09 bits per heavy atom. The van der Waals surface area contributed by atoms with Gasteiger partial charge in [-0.05, 0) is 56.8 Å². The number of primary amides is 1. The highest BCUT2D eigenvalue weighted by Gasteiger charge is 2.23. The van der Waals surface area contributed by atoms with Crippen LogP contribution in [-0.2, 0) is 25.6 Å². The van der Waals surface area contributed by atoms with E-state index in [1.807, 2.05) is 24.3 Å². The number of carbonyl (C=O) groups excluding carboxylic acids is 4. The van der Waals surface area contributed by atoms with E-state index in [4.69, 9.17) is 22.9 Å². The number of hydrogen-bond donors (Lipinski definition) is 9. The third kappa shape index (κ3) is 15.9. The van der Waals surface area contributed by atoms with Crippen LogP contribution in [0.3, 0.4) is 0 Å². The first kappa shape index (κ1) is 37.0. The number of aromatic nitrogens is 1. The predicted octanol–water partition coefficient (Wildman–Crippen LogP) is 0.00420. The average Bonchev–Trinajstić information content (AvgIpc) is 3.40. The van der Waals surface area contributed by atoms with Gasteiger partial charge in [-0.3, -0.25) is 24.2 Å². The van der Waals surface area contributed by atoms with E-state index in [2.05, 4.69) is 31.2 Å². The lowest BCUT2D eigenvalue weighted by Gasteiger charge is -2.17. The van der Waals surface area contributed by atoms with E-state index in [9.17, 15) is 19.2 Å². The first-order chi connectivity index (χ1) is 21.7. The van der Waals surface area contributed by atoms with Crippen LogP contribution in [0, 0.1) is 0 Å². The molecule has 0 fully saturated rings. The van der Waals surface area contributed by atoms with Crippen molar-refractivity contribution in [3.8, 4) is 0 Å². The molecule has 250 valence electrons. The van der Waals surface area contributed by atoms with Crippen LogP contribution in [0.1, 0.15) is 69.8 Å². The van der Waals surface area contributed by atoms with Gasteiger partial charge in [-0.2, -0.15) is 0 Å². The summed E-state index contributed by atoms with van der Waals surface area (Å²) in [5, 5.41) is 12.7. The summed E-state index contributed by atoms with van der Waals surface area (Å²) in [5.74, 6) is -1.61. The van der Waals surface area contributed by atoms with Gasteiger partial charge < -0.3 is 49.2 Å². The molecule has 0 bridgehead atoms. The van der Waals surface area contributed by atoms with Crippen molar-refractivity contribution in [2.45, 2.75) is 82.7 Å². The van der Waals surface area contributed by atoms with Crippen LogP contribution in [0.4, 0.5) is 0 Å². The number of aromatic amines is 1. The molecule has 14 heteroatoms. The molecule has 0 aliphatic carbocycles. The molecule has 1 heterocycles. The van der Waals surface area contributed by atoms with Crippen LogP contribution in [0.25, 0.3) is 10.9 Å². The number of nitrogens with one attached hydrogen (secondary N) is 5. The summed E-state index contributed by atoms with van der Waals surface area (Å²) in [6.45, 7) is 3.17. The van der Waals surface area contributed by atoms with Crippen molar-refractivity contribution in [1.29, 1.82) is 0 Å². The Morgan fingerprint density at radius 1 is 0.800 bits per heavy atom. The van der Waals surface area contributed by atoms with Crippen LogP contribution < -0.4 is 44.2 Å². The molecular weight excluding hydrogens is 576 g/mol. The van der Waals surface area contributed by atoms with E-state index in [0.717, 1.165) is 80.9 Å². The Hall–Kier alpha value is -4.17. The maximum Gasteiger partial charge on any atom is 0.243 e. The van der Waals surface area contributed by atoms with Gasteiger partial charge in [0.05, 0.1) is 18.9 Å². The maximum atomic E-state index is 12.7. The average molecular weight is 629 g/mol. The molecule has 0 spiro atoms. The number of nitrogens with two attached hydrogens (primary N) is 4. The highest BCUT2D eigenvalue weighted by Crippen LogP contribution is 2.18. The summed E-state index contributed by atoms with van der Waals surface area (Å²) >= 11 is 0. The quantitative estimate of drug-likeness (QED) is 0.0434. The molecule has 0 unspecified atom stereocenters. The van der Waals surface area contributed by atoms with Gasteiger partial charge >= 0.3 is 0 Å². The third-order valence-electron chi connectivity index (χ3n) is 7.31. The summed E-state index contributed by atoms with van der Waals surface area (Å²) in [5.41, 5.74) is 23.4. The van der Waals surface area contributed by atoms with Crippen LogP contribution >= 0.6 is 0 Å². The molecule has 45 heavy (non-hydrogen) atoms. The van der Waals surface area contributed by atoms with Gasteiger partial charge in [0.1, 0.15) is 6.04 Å². The molecule has 2 rings (SSSR count). The van der Waals surface area contributed by atoms with Gasteiger partial charge in [-0.15, -0.1) is 0 Å². The minimum absolute atomic E-state index is 0.00596. The van der Waals surface area contributed by atoms with E-state index < -0.39 is 23.9 Å². The zero-order chi connectivity index (χ0) is 32.9. The van der Waals surface area contributed by atoms with Gasteiger partial charge in [0.25, 0.3) is 0 Å². The Labute approximate surface area is 265 Å². The minimum Gasteiger partial charge on any atom is -0.370 e. The molecule has 0 aliphatic rings. The molecular formula is C31H52N10O4. The number of guanidine groups is 1. The fourth-order valence-corrected chi connectivity index (χ4v) is 4.83. The molecule has 2 atom stereocenters. The van der Waals surface area contributed by atoms with Gasteiger partial charge in [0.15, 0.2) is 5.96 Å². The van der Waals surface area contributed by atoms with Crippen LogP contribution in [-0.4, -0.2) is 79.4 Å². The van der Waals surface area contributed by atoms with Crippen molar-refractivity contribution in [2.24, 2.45) is 27.9 Å². The van der Waals surface area contributed by atoms with Crippen LogP contribution in [0.2, 0.25) is 0 Å². The van der Waals surface area contributed by atoms with Crippen LogP contribution in [0.15, 0.2) is 35.5 Å². The number of fused-ring (bicyclic) bond motifs is 1. The predicted molar refractivity (Wildman–Crippen MR) is 177 cm³/mol. The fourth-order valence-electron chi connectivity index (χ4n) is 4.83. The Kier molecular flexibility index (Phi) is 17.7. The monoisotopic (exact) mass is 628 g/mol.